The molecule has 4 amide bonds. The molecule has 0 fully saturated rings. The number of imidazole rings is 1. The Balaban J connectivity index is 2.22. The van der Waals surface area contributed by atoms with Crippen molar-refractivity contribution in [1.29, 1.82) is 0 Å². The summed E-state index contributed by atoms with van der Waals surface area (Å²) in [6.45, 7) is 3.60. The lowest BCUT2D eigenvalue weighted by molar-refractivity contribution is -0.143. The number of hydrogen-bond donors (Lipinski definition) is 8. The number of carboxylic acid groups (broad SMARTS) is 1. The molecule has 0 bridgehead atoms. The number of primary amides is 1. The number of phenolic OH excluding ortho intramolecular Hbond substituents is 1. The fourth-order valence-electron chi connectivity index (χ4n) is 3.73. The molecular weight excluding hydrogens is 510 g/mol. The van der Waals surface area contributed by atoms with E-state index in [-0.39, 0.29) is 30.9 Å². The Bertz CT molecular complexity index is 1140. The molecule has 0 aliphatic carbocycles. The van der Waals surface area contributed by atoms with Gasteiger partial charge in [0.05, 0.1) is 18.8 Å². The molecule has 0 spiro atoms. The van der Waals surface area contributed by atoms with Crippen LogP contribution in [0.4, 0.5) is 0 Å². The number of carbonyl (C=O) groups is 5. The molecule has 0 saturated heterocycles. The number of aliphatic carboxylic acids is 1. The summed E-state index contributed by atoms with van der Waals surface area (Å²) in [6.07, 6.45) is 2.47. The highest BCUT2D eigenvalue weighted by atomic mass is 16.4. The van der Waals surface area contributed by atoms with Gasteiger partial charge in [-0.05, 0) is 30.0 Å². The number of amides is 4. The van der Waals surface area contributed by atoms with Gasteiger partial charge >= 0.3 is 5.97 Å². The Kier molecular flexibility index (Phi) is 11.4. The van der Waals surface area contributed by atoms with Gasteiger partial charge in [0.1, 0.15) is 23.9 Å². The number of benzene rings is 1. The molecule has 10 N–H and O–H groups in total. The first-order chi connectivity index (χ1) is 18.3. The Morgan fingerprint density at radius 2 is 1.51 bits per heavy atom. The number of rotatable bonds is 15. The second-order valence-electron chi connectivity index (χ2n) is 9.58. The van der Waals surface area contributed by atoms with Crippen molar-refractivity contribution in [2.24, 2.45) is 17.4 Å². The smallest absolute Gasteiger partial charge is 0.326 e. The summed E-state index contributed by atoms with van der Waals surface area (Å²) in [5, 5.41) is 26.4. The Labute approximate surface area is 224 Å². The minimum atomic E-state index is -1.45. The number of aromatic hydroxyl groups is 1. The molecule has 14 heteroatoms. The lowest BCUT2D eigenvalue weighted by Crippen LogP contribution is -2.58. The van der Waals surface area contributed by atoms with Crippen LogP contribution in [0.25, 0.3) is 0 Å². The maximum Gasteiger partial charge on any atom is 0.326 e. The summed E-state index contributed by atoms with van der Waals surface area (Å²) >= 11 is 0. The van der Waals surface area contributed by atoms with Crippen LogP contribution < -0.4 is 27.4 Å². The van der Waals surface area contributed by atoms with Crippen LogP contribution in [0.15, 0.2) is 36.8 Å². The Morgan fingerprint density at radius 1 is 0.923 bits per heavy atom. The van der Waals surface area contributed by atoms with Crippen molar-refractivity contribution in [1.82, 2.24) is 25.9 Å². The first-order valence-electron chi connectivity index (χ1n) is 12.3. The van der Waals surface area contributed by atoms with Crippen molar-refractivity contribution in [3.05, 3.63) is 48.0 Å². The van der Waals surface area contributed by atoms with Gasteiger partial charge in [-0.25, -0.2) is 9.78 Å². The highest BCUT2D eigenvalue weighted by molar-refractivity contribution is 5.96. The van der Waals surface area contributed by atoms with Gasteiger partial charge in [-0.1, -0.05) is 26.0 Å². The average molecular weight is 546 g/mol. The summed E-state index contributed by atoms with van der Waals surface area (Å²) in [5.41, 5.74) is 12.3. The van der Waals surface area contributed by atoms with Crippen LogP contribution in [-0.4, -0.2) is 73.9 Å². The van der Waals surface area contributed by atoms with Crippen LogP contribution in [0, 0.1) is 5.92 Å². The number of aromatic nitrogens is 2. The van der Waals surface area contributed by atoms with Gasteiger partial charge < -0.3 is 42.6 Å². The van der Waals surface area contributed by atoms with Gasteiger partial charge in [0.15, 0.2) is 0 Å². The number of carbonyl (C=O) groups excluding carboxylic acids is 4. The van der Waals surface area contributed by atoms with Crippen LogP contribution in [0.2, 0.25) is 0 Å². The molecule has 0 radical (unpaired) electrons. The molecule has 1 heterocycles. The van der Waals surface area contributed by atoms with E-state index in [1.165, 1.54) is 36.8 Å². The zero-order chi connectivity index (χ0) is 29.1. The molecule has 0 aliphatic heterocycles. The fourth-order valence-corrected chi connectivity index (χ4v) is 3.73. The molecule has 0 saturated carbocycles. The van der Waals surface area contributed by atoms with Crippen LogP contribution in [0.3, 0.4) is 0 Å². The van der Waals surface area contributed by atoms with E-state index in [0.29, 0.717) is 11.3 Å². The fraction of sp³-hybridized carbons (Fsp3) is 0.440. The van der Waals surface area contributed by atoms with E-state index in [1.807, 2.05) is 0 Å². The van der Waals surface area contributed by atoms with Crippen LogP contribution in [0.1, 0.15) is 37.9 Å². The Hall–Kier alpha value is -4.46. The lowest BCUT2D eigenvalue weighted by Gasteiger charge is -2.25. The third-order valence-corrected chi connectivity index (χ3v) is 5.70. The number of aromatic amines is 1. The molecule has 2 rings (SSSR count). The largest absolute Gasteiger partial charge is 0.508 e. The lowest BCUT2D eigenvalue weighted by atomic mass is 10.0. The number of nitrogens with zero attached hydrogens (tertiary/aromatic N) is 1. The van der Waals surface area contributed by atoms with Crippen molar-refractivity contribution in [2.45, 2.75) is 63.7 Å². The molecule has 0 aliphatic rings. The van der Waals surface area contributed by atoms with E-state index in [2.05, 4.69) is 25.9 Å². The zero-order valence-electron chi connectivity index (χ0n) is 21.7. The van der Waals surface area contributed by atoms with Crippen molar-refractivity contribution >= 4 is 29.6 Å². The molecule has 4 unspecified atom stereocenters. The van der Waals surface area contributed by atoms with E-state index < -0.39 is 60.2 Å². The molecular formula is C25H35N7O7. The monoisotopic (exact) mass is 545 g/mol. The summed E-state index contributed by atoms with van der Waals surface area (Å²) in [4.78, 5) is 69.0. The summed E-state index contributed by atoms with van der Waals surface area (Å²) in [5.74, 6) is -4.61. The van der Waals surface area contributed by atoms with E-state index in [0.717, 1.165) is 0 Å². The number of H-pyrrole nitrogens is 1. The third kappa shape index (κ3) is 10.4. The van der Waals surface area contributed by atoms with E-state index in [9.17, 15) is 34.2 Å². The highest BCUT2D eigenvalue weighted by Crippen LogP contribution is 2.13. The topological polar surface area (TPSA) is 243 Å². The Morgan fingerprint density at radius 3 is 2.05 bits per heavy atom. The molecule has 4 atom stereocenters. The second-order valence-corrected chi connectivity index (χ2v) is 9.58. The predicted molar refractivity (Wildman–Crippen MR) is 139 cm³/mol. The number of hydrogen-bond acceptors (Lipinski definition) is 8. The first kappa shape index (κ1) is 30.8. The molecule has 1 aromatic carbocycles. The van der Waals surface area contributed by atoms with Crippen LogP contribution in [0.5, 0.6) is 5.75 Å². The van der Waals surface area contributed by atoms with Gasteiger partial charge in [0.25, 0.3) is 0 Å². The van der Waals surface area contributed by atoms with Gasteiger partial charge in [0.2, 0.25) is 23.6 Å². The van der Waals surface area contributed by atoms with Crippen molar-refractivity contribution in [3.63, 3.8) is 0 Å². The maximum absolute atomic E-state index is 13.2. The number of carboxylic acids is 1. The van der Waals surface area contributed by atoms with E-state index in [1.54, 1.807) is 13.8 Å². The second kappa shape index (κ2) is 14.5. The minimum absolute atomic E-state index is 0.0117. The van der Waals surface area contributed by atoms with Crippen molar-refractivity contribution in [3.8, 4) is 5.75 Å². The van der Waals surface area contributed by atoms with Gasteiger partial charge in [-0.2, -0.15) is 0 Å². The predicted octanol–water partition coefficient (Wildman–Crippen LogP) is -1.31. The molecule has 212 valence electrons. The van der Waals surface area contributed by atoms with Crippen molar-refractivity contribution in [2.75, 3.05) is 0 Å². The van der Waals surface area contributed by atoms with E-state index in [4.69, 9.17) is 11.5 Å². The van der Waals surface area contributed by atoms with E-state index >= 15 is 0 Å². The van der Waals surface area contributed by atoms with Gasteiger partial charge in [-0.3, -0.25) is 19.2 Å². The van der Waals surface area contributed by atoms with Gasteiger partial charge in [-0.15, -0.1) is 0 Å². The summed E-state index contributed by atoms with van der Waals surface area (Å²) < 4.78 is 0. The van der Waals surface area contributed by atoms with Crippen LogP contribution >= 0.6 is 0 Å². The summed E-state index contributed by atoms with van der Waals surface area (Å²) in [6, 6.07) is 0.800. The quantitative estimate of drug-likeness (QED) is 0.132. The minimum Gasteiger partial charge on any atom is -0.508 e. The summed E-state index contributed by atoms with van der Waals surface area (Å²) in [7, 11) is 0. The number of nitrogens with two attached hydrogens (primary N) is 2. The SMILES string of the molecule is CC(C)CC(NC(=O)C(Cc1ccc(O)cc1)NC(=O)C(CC(N)=O)NC(=O)C(N)Cc1cnc[nH]1)C(=O)O. The van der Waals surface area contributed by atoms with Crippen molar-refractivity contribution < 1.29 is 34.2 Å². The first-order valence-corrected chi connectivity index (χ1v) is 12.3. The molecule has 1 aromatic heterocycles. The third-order valence-electron chi connectivity index (χ3n) is 5.70. The highest BCUT2D eigenvalue weighted by Gasteiger charge is 2.31. The van der Waals surface area contributed by atoms with Gasteiger partial charge in [0, 0.05) is 24.7 Å². The standard InChI is InChI=1S/C25H35N7O7/c1-13(2)7-20(25(38)39)32-23(36)18(8-14-3-5-16(33)6-4-14)31-24(37)19(10-21(27)34)30-22(35)17(26)9-15-11-28-12-29-15/h3-6,11-13,17-20,33H,7-10,26H2,1-2H3,(H2,27,34)(H,28,29)(H,30,35)(H,31,37)(H,32,36)(H,38,39). The van der Waals surface area contributed by atoms with Crippen LogP contribution in [-0.2, 0) is 36.8 Å². The number of phenols is 1. The number of nitrogens with one attached hydrogen (secondary N) is 4. The molecule has 39 heavy (non-hydrogen) atoms. The normalized spacial score (nSPS) is 14.1. The maximum atomic E-state index is 13.2. The zero-order valence-corrected chi connectivity index (χ0v) is 21.7. The average Bonchev–Trinajstić information content (AvgIpc) is 3.36. The molecule has 2 aromatic rings. The molecule has 14 nitrogen and oxygen atoms in total.